The molecule has 0 atom stereocenters. The number of hydrogen-bond acceptors (Lipinski definition) is 1. The highest BCUT2D eigenvalue weighted by Gasteiger charge is 2.08. The summed E-state index contributed by atoms with van der Waals surface area (Å²) >= 11 is 5.88. The highest BCUT2D eigenvalue weighted by Crippen LogP contribution is 2.30. The third-order valence-electron chi connectivity index (χ3n) is 2.45. The number of anilines is 1. The lowest BCUT2D eigenvalue weighted by molar-refractivity contribution is 0.632. The Hall–Kier alpha value is -1.54. The Morgan fingerprint density at radius 3 is 2.38 bits per heavy atom. The van der Waals surface area contributed by atoms with Gasteiger partial charge in [0.1, 0.15) is 5.82 Å². The van der Waals surface area contributed by atoms with Crippen molar-refractivity contribution >= 4 is 17.3 Å². The maximum Gasteiger partial charge on any atom is 0.133 e. The third kappa shape index (κ3) is 2.02. The van der Waals surface area contributed by atoms with E-state index >= 15 is 0 Å². The smallest absolute Gasteiger partial charge is 0.133 e. The number of aryl methyl sites for hydroxylation is 1. The molecule has 2 aromatic carbocycles. The van der Waals surface area contributed by atoms with E-state index in [2.05, 4.69) is 0 Å². The molecule has 82 valence electrons. The van der Waals surface area contributed by atoms with E-state index in [1.165, 1.54) is 6.07 Å². The summed E-state index contributed by atoms with van der Waals surface area (Å²) < 4.78 is 13.7. The lowest BCUT2D eigenvalue weighted by Crippen LogP contribution is -1.91. The van der Waals surface area contributed by atoms with Gasteiger partial charge in [-0.05, 0) is 24.6 Å². The lowest BCUT2D eigenvalue weighted by atomic mass is 10.0. The highest BCUT2D eigenvalue weighted by molar-refractivity contribution is 6.33. The zero-order valence-corrected chi connectivity index (χ0v) is 9.55. The first kappa shape index (κ1) is 11.0. The highest BCUT2D eigenvalue weighted by atomic mass is 35.5. The van der Waals surface area contributed by atoms with Gasteiger partial charge in [0.25, 0.3) is 0 Å². The van der Waals surface area contributed by atoms with E-state index in [1.807, 2.05) is 31.2 Å². The minimum atomic E-state index is -0.356. The van der Waals surface area contributed by atoms with Crippen LogP contribution in [-0.2, 0) is 0 Å². The van der Waals surface area contributed by atoms with Crippen molar-refractivity contribution in [1.82, 2.24) is 0 Å². The van der Waals surface area contributed by atoms with Gasteiger partial charge in [0, 0.05) is 5.56 Å². The molecule has 0 aliphatic heterocycles. The van der Waals surface area contributed by atoms with Gasteiger partial charge in [-0.15, -0.1) is 0 Å². The largest absolute Gasteiger partial charge is 0.397 e. The summed E-state index contributed by atoms with van der Waals surface area (Å²) in [6.45, 7) is 1.98. The molecule has 16 heavy (non-hydrogen) atoms. The first-order valence-electron chi connectivity index (χ1n) is 4.89. The number of hydrogen-bond donors (Lipinski definition) is 1. The van der Waals surface area contributed by atoms with Gasteiger partial charge in [0.05, 0.1) is 10.7 Å². The minimum absolute atomic E-state index is 0.259. The molecule has 2 N–H and O–H groups in total. The molecule has 2 aromatic rings. The quantitative estimate of drug-likeness (QED) is 0.742. The van der Waals surface area contributed by atoms with Crippen LogP contribution in [0.3, 0.4) is 0 Å². The summed E-state index contributed by atoms with van der Waals surface area (Å²) in [7, 11) is 0. The van der Waals surface area contributed by atoms with E-state index in [-0.39, 0.29) is 11.5 Å². The monoisotopic (exact) mass is 235 g/mol. The van der Waals surface area contributed by atoms with Gasteiger partial charge in [0.2, 0.25) is 0 Å². The van der Waals surface area contributed by atoms with Crippen LogP contribution in [0.4, 0.5) is 10.1 Å². The van der Waals surface area contributed by atoms with Crippen LogP contribution in [-0.4, -0.2) is 0 Å². The summed E-state index contributed by atoms with van der Waals surface area (Å²) in [6, 6.07) is 10.4. The molecule has 0 bridgehead atoms. The van der Waals surface area contributed by atoms with Gasteiger partial charge in [-0.2, -0.15) is 0 Å². The van der Waals surface area contributed by atoms with Crippen molar-refractivity contribution in [3.05, 3.63) is 52.8 Å². The van der Waals surface area contributed by atoms with Crippen LogP contribution < -0.4 is 5.73 Å². The molecule has 0 fully saturated rings. The fourth-order valence-corrected chi connectivity index (χ4v) is 1.68. The van der Waals surface area contributed by atoms with E-state index in [0.29, 0.717) is 10.6 Å². The van der Waals surface area contributed by atoms with Crippen LogP contribution in [0.2, 0.25) is 5.02 Å². The normalized spacial score (nSPS) is 10.4. The second-order valence-corrected chi connectivity index (χ2v) is 4.13. The molecule has 0 amide bonds. The molecule has 3 heteroatoms. The van der Waals surface area contributed by atoms with Crippen molar-refractivity contribution in [2.45, 2.75) is 6.92 Å². The lowest BCUT2D eigenvalue weighted by Gasteiger charge is -2.06. The Morgan fingerprint density at radius 1 is 1.12 bits per heavy atom. The molecule has 0 aliphatic carbocycles. The van der Waals surface area contributed by atoms with Gasteiger partial charge >= 0.3 is 0 Å². The Balaban J connectivity index is 2.56. The summed E-state index contributed by atoms with van der Waals surface area (Å²) in [5.41, 5.74) is 8.18. The average Bonchev–Trinajstić information content (AvgIpc) is 2.25. The van der Waals surface area contributed by atoms with Crippen molar-refractivity contribution < 1.29 is 4.39 Å². The molecule has 1 nitrogen and oxygen atoms in total. The fraction of sp³-hybridized carbons (Fsp3) is 0.0769. The van der Waals surface area contributed by atoms with E-state index in [9.17, 15) is 4.39 Å². The van der Waals surface area contributed by atoms with Crippen LogP contribution in [0.1, 0.15) is 5.56 Å². The topological polar surface area (TPSA) is 26.0 Å². The molecule has 0 radical (unpaired) electrons. The number of nitrogens with two attached hydrogens (primary N) is 1. The summed E-state index contributed by atoms with van der Waals surface area (Å²) in [4.78, 5) is 0. The van der Waals surface area contributed by atoms with Crippen LogP contribution in [0.5, 0.6) is 0 Å². The maximum atomic E-state index is 13.7. The second kappa shape index (κ2) is 4.14. The Bertz CT molecular complexity index is 520. The minimum Gasteiger partial charge on any atom is -0.397 e. The zero-order chi connectivity index (χ0) is 11.7. The molecule has 0 saturated carbocycles. The van der Waals surface area contributed by atoms with Gasteiger partial charge < -0.3 is 5.73 Å². The van der Waals surface area contributed by atoms with Crippen molar-refractivity contribution in [1.29, 1.82) is 0 Å². The van der Waals surface area contributed by atoms with E-state index in [4.69, 9.17) is 17.3 Å². The Kier molecular flexibility index (Phi) is 2.84. The van der Waals surface area contributed by atoms with E-state index in [0.717, 1.165) is 11.1 Å². The number of benzene rings is 2. The van der Waals surface area contributed by atoms with Crippen molar-refractivity contribution in [2.75, 3.05) is 5.73 Å². The predicted molar refractivity (Wildman–Crippen MR) is 66.0 cm³/mol. The summed E-state index contributed by atoms with van der Waals surface area (Å²) in [5.74, 6) is -0.356. The van der Waals surface area contributed by atoms with E-state index < -0.39 is 0 Å². The SMILES string of the molecule is Cc1ccc(-c2cc(Cl)c(N)cc2F)cc1. The predicted octanol–water partition coefficient (Wildman–Crippen LogP) is 4.04. The Labute approximate surface area is 98.7 Å². The summed E-state index contributed by atoms with van der Waals surface area (Å²) in [5, 5.41) is 0.372. The standard InChI is InChI=1S/C13H11ClFN/c1-8-2-4-9(5-3-8)10-6-11(14)13(16)7-12(10)15/h2-7H,16H2,1H3. The van der Waals surface area contributed by atoms with Gasteiger partial charge in [-0.1, -0.05) is 41.4 Å². The molecular weight excluding hydrogens is 225 g/mol. The van der Waals surface area contributed by atoms with Crippen LogP contribution in [0, 0.1) is 12.7 Å². The summed E-state index contributed by atoms with van der Waals surface area (Å²) in [6.07, 6.45) is 0. The zero-order valence-electron chi connectivity index (χ0n) is 8.80. The number of halogens is 2. The van der Waals surface area contributed by atoms with Crippen LogP contribution in [0.15, 0.2) is 36.4 Å². The van der Waals surface area contributed by atoms with Crippen molar-refractivity contribution in [2.24, 2.45) is 0 Å². The van der Waals surface area contributed by atoms with E-state index in [1.54, 1.807) is 6.07 Å². The molecule has 0 unspecified atom stereocenters. The Morgan fingerprint density at radius 2 is 1.75 bits per heavy atom. The van der Waals surface area contributed by atoms with Crippen LogP contribution >= 0.6 is 11.6 Å². The molecule has 0 saturated heterocycles. The van der Waals surface area contributed by atoms with Crippen molar-refractivity contribution in [3.8, 4) is 11.1 Å². The molecule has 0 aliphatic rings. The third-order valence-corrected chi connectivity index (χ3v) is 2.78. The second-order valence-electron chi connectivity index (χ2n) is 3.72. The molecule has 0 aromatic heterocycles. The van der Waals surface area contributed by atoms with Gasteiger partial charge in [0.15, 0.2) is 0 Å². The molecule has 0 spiro atoms. The average molecular weight is 236 g/mol. The van der Waals surface area contributed by atoms with Gasteiger partial charge in [-0.25, -0.2) is 4.39 Å². The molecule has 2 rings (SSSR count). The molecule has 0 heterocycles. The van der Waals surface area contributed by atoms with Gasteiger partial charge in [-0.3, -0.25) is 0 Å². The first-order chi connectivity index (χ1) is 7.58. The van der Waals surface area contributed by atoms with Crippen LogP contribution in [0.25, 0.3) is 11.1 Å². The molecular formula is C13H11ClFN. The van der Waals surface area contributed by atoms with Crippen molar-refractivity contribution in [3.63, 3.8) is 0 Å². The number of rotatable bonds is 1. The fourth-order valence-electron chi connectivity index (χ4n) is 1.52. The first-order valence-corrected chi connectivity index (χ1v) is 5.27. The number of nitrogen functional groups attached to an aromatic ring is 1. The maximum absolute atomic E-state index is 13.7.